The molecule has 0 aromatic rings. The van der Waals surface area contributed by atoms with Crippen LogP contribution in [0.2, 0.25) is 0 Å². The molecule has 106 heavy (non-hydrogen) atoms. The van der Waals surface area contributed by atoms with Gasteiger partial charge in [0.25, 0.3) is 0 Å². The molecule has 0 rings (SSSR count). The Kier molecular flexibility index (Phi) is 73.5. The first-order valence-corrected chi connectivity index (χ1v) is 43.4. The van der Waals surface area contributed by atoms with Crippen LogP contribution >= 0.6 is 15.6 Å². The van der Waals surface area contributed by atoms with Crippen molar-refractivity contribution in [3.8, 4) is 0 Å². The van der Waals surface area contributed by atoms with Crippen LogP contribution in [0.1, 0.15) is 297 Å². The van der Waals surface area contributed by atoms with Crippen molar-refractivity contribution in [2.24, 2.45) is 0 Å². The zero-order valence-electron chi connectivity index (χ0n) is 65.8. The topological polar surface area (TPSA) is 237 Å². The fraction of sp³-hybridized carbons (Fsp3) is 0.632. The number of carbonyl (C=O) groups is 4. The molecular formula is C87H142O17P2. The predicted octanol–water partition coefficient (Wildman–Crippen LogP) is 23.8. The van der Waals surface area contributed by atoms with Crippen LogP contribution in [0.5, 0.6) is 0 Å². The monoisotopic (exact) mass is 1520 g/mol. The number of allylic oxidation sites excluding steroid dienone is 28. The van der Waals surface area contributed by atoms with Crippen LogP contribution in [-0.4, -0.2) is 96.7 Å². The number of ether oxygens (including phenoxy) is 4. The number of aliphatic hydroxyl groups excluding tert-OH is 1. The van der Waals surface area contributed by atoms with E-state index >= 15 is 0 Å². The Morgan fingerprint density at radius 1 is 0.274 bits per heavy atom. The van der Waals surface area contributed by atoms with Gasteiger partial charge in [-0.05, 0) is 167 Å². The molecular weight excluding hydrogens is 1380 g/mol. The van der Waals surface area contributed by atoms with E-state index in [0.29, 0.717) is 32.1 Å². The maximum Gasteiger partial charge on any atom is 0.472 e. The number of hydrogen-bond acceptors (Lipinski definition) is 15. The van der Waals surface area contributed by atoms with Gasteiger partial charge in [-0.1, -0.05) is 275 Å². The molecule has 0 heterocycles. The van der Waals surface area contributed by atoms with Gasteiger partial charge in [0.2, 0.25) is 0 Å². The zero-order chi connectivity index (χ0) is 77.4. The van der Waals surface area contributed by atoms with E-state index in [4.69, 9.17) is 37.0 Å². The highest BCUT2D eigenvalue weighted by atomic mass is 31.2. The molecule has 0 saturated heterocycles. The van der Waals surface area contributed by atoms with E-state index < -0.39 is 97.5 Å². The van der Waals surface area contributed by atoms with Crippen molar-refractivity contribution in [2.75, 3.05) is 39.6 Å². The fourth-order valence-corrected chi connectivity index (χ4v) is 11.6. The Morgan fingerprint density at radius 3 is 0.830 bits per heavy atom. The minimum absolute atomic E-state index is 0.0480. The summed E-state index contributed by atoms with van der Waals surface area (Å²) >= 11 is 0. The van der Waals surface area contributed by atoms with Crippen molar-refractivity contribution in [2.45, 2.75) is 316 Å². The first-order valence-electron chi connectivity index (χ1n) is 40.4. The molecule has 0 aliphatic rings. The molecule has 0 bridgehead atoms. The molecule has 0 spiro atoms. The Morgan fingerprint density at radius 2 is 0.519 bits per heavy atom. The summed E-state index contributed by atoms with van der Waals surface area (Å²) in [6.45, 7) is 4.42. The summed E-state index contributed by atoms with van der Waals surface area (Å²) in [5.41, 5.74) is 0. The van der Waals surface area contributed by atoms with E-state index in [-0.39, 0.29) is 25.7 Å². The van der Waals surface area contributed by atoms with Gasteiger partial charge in [-0.3, -0.25) is 37.3 Å². The second-order valence-corrected chi connectivity index (χ2v) is 29.1. The number of esters is 4. The van der Waals surface area contributed by atoms with E-state index in [0.717, 1.165) is 193 Å². The molecule has 0 aliphatic heterocycles. The van der Waals surface area contributed by atoms with Crippen LogP contribution in [0.15, 0.2) is 170 Å². The van der Waals surface area contributed by atoms with Crippen LogP contribution in [0, 0.1) is 0 Å². The number of aliphatic hydroxyl groups is 1. The van der Waals surface area contributed by atoms with Gasteiger partial charge in [-0.15, -0.1) is 0 Å². The lowest BCUT2D eigenvalue weighted by atomic mass is 10.1. The molecule has 0 radical (unpaired) electrons. The Balaban J connectivity index is 5.46. The number of phosphoric ester groups is 2. The first kappa shape index (κ1) is 100. The summed E-state index contributed by atoms with van der Waals surface area (Å²) in [5.74, 6) is -2.31. The molecule has 602 valence electrons. The van der Waals surface area contributed by atoms with E-state index in [1.54, 1.807) is 0 Å². The molecule has 5 unspecified atom stereocenters. The highest BCUT2D eigenvalue weighted by molar-refractivity contribution is 7.47. The van der Waals surface area contributed by atoms with Gasteiger partial charge < -0.3 is 33.8 Å². The van der Waals surface area contributed by atoms with E-state index in [9.17, 15) is 43.2 Å². The highest BCUT2D eigenvalue weighted by Crippen LogP contribution is 2.45. The molecule has 19 heteroatoms. The summed E-state index contributed by atoms with van der Waals surface area (Å²) < 4.78 is 68.6. The van der Waals surface area contributed by atoms with Crippen LogP contribution < -0.4 is 0 Å². The predicted molar refractivity (Wildman–Crippen MR) is 436 cm³/mol. The van der Waals surface area contributed by atoms with Crippen LogP contribution in [0.3, 0.4) is 0 Å². The Hall–Kier alpha value is -5.58. The molecule has 0 fully saturated rings. The largest absolute Gasteiger partial charge is 0.472 e. The lowest BCUT2D eigenvalue weighted by Gasteiger charge is -2.21. The van der Waals surface area contributed by atoms with Crippen molar-refractivity contribution < 1.29 is 80.2 Å². The van der Waals surface area contributed by atoms with Gasteiger partial charge in [0, 0.05) is 25.7 Å². The Labute approximate surface area is 642 Å². The van der Waals surface area contributed by atoms with Crippen molar-refractivity contribution in [3.05, 3.63) is 170 Å². The van der Waals surface area contributed by atoms with Crippen LogP contribution in [0.4, 0.5) is 0 Å². The SMILES string of the molecule is CC/C=C\C/C=C\C/C=C\C/C=C\C/C=C\CCCC(=O)OCC(COP(=O)(O)OCC(O)COP(=O)(O)OCC(COC(=O)CCCCCCCC/C=C\C/C=C\C/C=C\CCCCC)OC(=O)CCCCCCC/C=C\C/C=C\CCC)OC(=O)CCCCCC/C=C\C/C=C\C/C=C\C/C=C\CC. The molecule has 0 aromatic carbocycles. The van der Waals surface area contributed by atoms with Crippen LogP contribution in [-0.2, 0) is 65.4 Å². The van der Waals surface area contributed by atoms with Gasteiger partial charge in [-0.2, -0.15) is 0 Å². The van der Waals surface area contributed by atoms with Gasteiger partial charge in [0.05, 0.1) is 26.4 Å². The van der Waals surface area contributed by atoms with E-state index in [1.807, 2.05) is 12.2 Å². The molecule has 0 amide bonds. The van der Waals surface area contributed by atoms with Crippen molar-refractivity contribution >= 4 is 39.5 Å². The first-order chi connectivity index (χ1) is 51.7. The minimum Gasteiger partial charge on any atom is -0.462 e. The van der Waals surface area contributed by atoms with Crippen molar-refractivity contribution in [1.29, 1.82) is 0 Å². The average Bonchev–Trinajstić information content (AvgIpc) is 0.902. The molecule has 5 atom stereocenters. The number of phosphoric acid groups is 2. The number of carbonyl (C=O) groups excluding carboxylic acids is 4. The third-order valence-corrected chi connectivity index (χ3v) is 18.0. The Bertz CT molecular complexity index is 2680. The molecule has 0 saturated carbocycles. The molecule has 3 N–H and O–H groups in total. The van der Waals surface area contributed by atoms with Crippen molar-refractivity contribution in [1.82, 2.24) is 0 Å². The number of unbranched alkanes of at least 4 members (excludes halogenated alkanes) is 20. The van der Waals surface area contributed by atoms with Gasteiger partial charge >= 0.3 is 39.5 Å². The second-order valence-electron chi connectivity index (χ2n) is 26.2. The lowest BCUT2D eigenvalue weighted by molar-refractivity contribution is -0.161. The average molecular weight is 1520 g/mol. The number of hydrogen-bond donors (Lipinski definition) is 3. The normalized spacial score (nSPS) is 14.7. The third-order valence-electron chi connectivity index (χ3n) is 16.1. The van der Waals surface area contributed by atoms with E-state index in [1.165, 1.54) is 19.3 Å². The second kappa shape index (κ2) is 77.6. The van der Waals surface area contributed by atoms with Gasteiger partial charge in [-0.25, -0.2) is 9.13 Å². The maximum absolute atomic E-state index is 13.1. The van der Waals surface area contributed by atoms with Gasteiger partial charge in [0.1, 0.15) is 19.3 Å². The van der Waals surface area contributed by atoms with E-state index in [2.05, 4.69) is 186 Å². The summed E-state index contributed by atoms with van der Waals surface area (Å²) in [6.07, 6.45) is 91.9. The summed E-state index contributed by atoms with van der Waals surface area (Å²) in [5, 5.41) is 10.6. The van der Waals surface area contributed by atoms with Gasteiger partial charge in [0.15, 0.2) is 12.2 Å². The fourth-order valence-electron chi connectivity index (χ4n) is 10.1. The van der Waals surface area contributed by atoms with Crippen LogP contribution in [0.25, 0.3) is 0 Å². The lowest BCUT2D eigenvalue weighted by Crippen LogP contribution is -2.30. The zero-order valence-corrected chi connectivity index (χ0v) is 67.6. The molecule has 0 aromatic heterocycles. The molecule has 17 nitrogen and oxygen atoms in total. The third kappa shape index (κ3) is 76.6. The smallest absolute Gasteiger partial charge is 0.462 e. The number of rotatable bonds is 74. The summed E-state index contributed by atoms with van der Waals surface area (Å²) in [6, 6.07) is 0. The molecule has 0 aliphatic carbocycles. The summed E-state index contributed by atoms with van der Waals surface area (Å²) in [4.78, 5) is 73.1. The van der Waals surface area contributed by atoms with Crippen molar-refractivity contribution in [3.63, 3.8) is 0 Å². The standard InChI is InChI=1S/C87H142O17P2/c1-5-9-13-17-21-25-29-33-36-39-40-43-45-49-52-56-60-64-68-72-85(90)97-77-82(103-86(91)73-69-65-61-57-53-47-32-28-24-20-16-12-8-4)79-101-105(93,94)99-75-81(88)76-100-106(95,96)102-80-83(104-87(92)74-70-66-62-58-54-50-46-42-38-35-31-27-23-19-15-11-7-3)78-98-84(89)71-67-63-59-55-51-48-44-41-37-34-30-26-22-18-14-10-6-2/h10-11,14-16,20-23,25-28,32-38,40,43-44,46,48,50,55,59,81-83,88H,5-9,12-13,17-19,24,29-31,39,41-42,45,47,49,51-54,56-58,60-80H2,1-4H3,(H,93,94)(H,95,96)/b14-10-,15-11-,20-16-,25-21-,26-22-,27-23-,32-28-,36-33-,37-34-,38-35-,43-40-,48-44-,50-46-,59-55-. The highest BCUT2D eigenvalue weighted by Gasteiger charge is 2.30. The maximum atomic E-state index is 13.1. The quantitative estimate of drug-likeness (QED) is 0.0169. The minimum atomic E-state index is -5.01. The summed E-state index contributed by atoms with van der Waals surface area (Å²) in [7, 11) is -10.0.